The molecule has 0 spiro atoms. The minimum atomic E-state index is -3.45. The molecule has 0 amide bonds. The van der Waals surface area contributed by atoms with Crippen LogP contribution in [0, 0.1) is 0 Å². The first kappa shape index (κ1) is 11.6. The largest absolute Gasteiger partial charge is 0.373 e. The normalized spacial score (nSPS) is 29.4. The van der Waals surface area contributed by atoms with Gasteiger partial charge in [0.2, 0.25) is 9.05 Å². The van der Waals surface area contributed by atoms with Crippen molar-refractivity contribution in [1.29, 1.82) is 0 Å². The van der Waals surface area contributed by atoms with Crippen LogP contribution in [0.1, 0.15) is 13.3 Å². The van der Waals surface area contributed by atoms with Crippen LogP contribution in [-0.2, 0) is 13.8 Å². The number of rotatable bonds is 4. The first-order valence-corrected chi connectivity index (χ1v) is 7.75. The molecule has 1 saturated heterocycles. The van der Waals surface area contributed by atoms with E-state index in [-0.39, 0.29) is 5.75 Å². The number of thioether (sulfide) groups is 1. The van der Waals surface area contributed by atoms with E-state index in [0.29, 0.717) is 6.61 Å². The molecule has 0 N–H and O–H groups in total. The van der Waals surface area contributed by atoms with Crippen molar-refractivity contribution in [3.63, 3.8) is 0 Å². The summed E-state index contributed by atoms with van der Waals surface area (Å²) in [7, 11) is 1.77. The Morgan fingerprint density at radius 1 is 1.62 bits per heavy atom. The monoisotopic (exact) mass is 244 g/mol. The van der Waals surface area contributed by atoms with Crippen LogP contribution in [0.2, 0.25) is 0 Å². The number of hydrogen-bond donors (Lipinski definition) is 0. The van der Waals surface area contributed by atoms with E-state index < -0.39 is 14.7 Å². The summed E-state index contributed by atoms with van der Waals surface area (Å²) in [6.07, 6.45) is 0.775. The molecule has 1 atom stereocenters. The molecule has 0 radical (unpaired) electrons. The summed E-state index contributed by atoms with van der Waals surface area (Å²) >= 11 is 1.71. The highest BCUT2D eigenvalue weighted by Gasteiger charge is 2.38. The van der Waals surface area contributed by atoms with Gasteiger partial charge in [-0.05, 0) is 19.1 Å². The first-order valence-electron chi connectivity index (χ1n) is 4.11. The molecule has 0 saturated carbocycles. The highest BCUT2D eigenvalue weighted by atomic mass is 35.7. The molecule has 1 unspecified atom stereocenters. The summed E-state index contributed by atoms with van der Waals surface area (Å²) in [6.45, 7) is 2.40. The van der Waals surface area contributed by atoms with Crippen LogP contribution in [0.3, 0.4) is 0 Å². The maximum absolute atomic E-state index is 10.9. The Hall–Kier alpha value is 0.550. The third kappa shape index (κ3) is 3.65. The maximum Gasteiger partial charge on any atom is 0.235 e. The van der Waals surface area contributed by atoms with Crippen LogP contribution < -0.4 is 0 Å². The molecular formula is C7H13ClO3S2. The summed E-state index contributed by atoms with van der Waals surface area (Å²) in [5.41, 5.74) is -0.528. The predicted molar refractivity (Wildman–Crippen MR) is 55.9 cm³/mol. The fourth-order valence-electron chi connectivity index (χ4n) is 1.48. The van der Waals surface area contributed by atoms with Crippen LogP contribution in [0.4, 0.5) is 0 Å². The average Bonchev–Trinajstić information content (AvgIpc) is 2.33. The predicted octanol–water partition coefficient (Wildman–Crippen LogP) is 1.47. The van der Waals surface area contributed by atoms with Gasteiger partial charge >= 0.3 is 0 Å². The zero-order chi connectivity index (χ0) is 9.95. The van der Waals surface area contributed by atoms with Crippen molar-refractivity contribution in [2.24, 2.45) is 0 Å². The van der Waals surface area contributed by atoms with Crippen LogP contribution in [0.15, 0.2) is 0 Å². The molecule has 1 fully saturated rings. The van der Waals surface area contributed by atoms with Crippen LogP contribution in [0.5, 0.6) is 0 Å². The average molecular weight is 245 g/mol. The summed E-state index contributed by atoms with van der Waals surface area (Å²) in [5.74, 6) is 1.61. The Balaban J connectivity index is 2.67. The molecule has 6 heteroatoms. The molecule has 1 rings (SSSR count). The van der Waals surface area contributed by atoms with Crippen molar-refractivity contribution in [2.75, 3.05) is 23.9 Å². The smallest absolute Gasteiger partial charge is 0.235 e. The van der Waals surface area contributed by atoms with Gasteiger partial charge < -0.3 is 4.74 Å². The summed E-state index contributed by atoms with van der Waals surface area (Å²) < 4.78 is 27.4. The molecule has 1 aliphatic heterocycles. The molecule has 0 aromatic rings. The molecule has 3 nitrogen and oxygen atoms in total. The molecule has 1 aliphatic rings. The molecule has 0 aromatic heterocycles. The van der Waals surface area contributed by atoms with E-state index in [1.54, 1.807) is 11.8 Å². The van der Waals surface area contributed by atoms with Gasteiger partial charge in [-0.3, -0.25) is 0 Å². The first-order chi connectivity index (χ1) is 5.97. The number of halogens is 1. The fraction of sp³-hybridized carbons (Fsp3) is 1.00. The molecule has 0 aromatic carbocycles. The second-order valence-corrected chi connectivity index (χ2v) is 6.98. The van der Waals surface area contributed by atoms with Gasteiger partial charge in [0.1, 0.15) is 0 Å². The molecule has 1 heterocycles. The third-order valence-electron chi connectivity index (χ3n) is 1.95. The number of ether oxygens (including phenoxy) is 1. The van der Waals surface area contributed by atoms with Crippen molar-refractivity contribution in [2.45, 2.75) is 18.9 Å². The highest BCUT2D eigenvalue weighted by molar-refractivity contribution is 8.13. The van der Waals surface area contributed by atoms with Crippen LogP contribution in [-0.4, -0.2) is 37.9 Å². The van der Waals surface area contributed by atoms with Crippen molar-refractivity contribution >= 4 is 31.5 Å². The quantitative estimate of drug-likeness (QED) is 0.703. The van der Waals surface area contributed by atoms with Crippen molar-refractivity contribution < 1.29 is 13.2 Å². The van der Waals surface area contributed by atoms with E-state index in [2.05, 4.69) is 0 Å². The summed E-state index contributed by atoms with van der Waals surface area (Å²) in [4.78, 5) is 0. The fourth-order valence-corrected chi connectivity index (χ4v) is 4.52. The minimum absolute atomic E-state index is 0.0671. The Bertz CT molecular complexity index is 257. The van der Waals surface area contributed by atoms with E-state index in [1.165, 1.54) is 0 Å². The summed E-state index contributed by atoms with van der Waals surface area (Å²) in [5, 5.41) is 0. The Morgan fingerprint density at radius 2 is 2.31 bits per heavy atom. The van der Waals surface area contributed by atoms with E-state index in [9.17, 15) is 8.42 Å². The van der Waals surface area contributed by atoms with Gasteiger partial charge in [-0.1, -0.05) is 0 Å². The van der Waals surface area contributed by atoms with E-state index in [1.807, 2.05) is 6.92 Å². The molecule has 0 bridgehead atoms. The second-order valence-electron chi connectivity index (χ2n) is 3.10. The summed E-state index contributed by atoms with van der Waals surface area (Å²) in [6, 6.07) is 0. The van der Waals surface area contributed by atoms with Crippen LogP contribution >= 0.6 is 22.4 Å². The second kappa shape index (κ2) is 4.38. The lowest BCUT2D eigenvalue weighted by molar-refractivity contribution is -0.000438. The standard InChI is InChI=1S/C7H13ClO3S2/c1-2-11-7(3-4-12-5-7)6-13(8,9)10/h2-6H2,1H3. The van der Waals surface area contributed by atoms with Gasteiger partial charge in [-0.15, -0.1) is 0 Å². The van der Waals surface area contributed by atoms with E-state index >= 15 is 0 Å². The van der Waals surface area contributed by atoms with Crippen molar-refractivity contribution in [3.8, 4) is 0 Å². The van der Waals surface area contributed by atoms with Gasteiger partial charge in [0.15, 0.2) is 0 Å². The maximum atomic E-state index is 10.9. The van der Waals surface area contributed by atoms with Gasteiger partial charge in [-0.25, -0.2) is 8.42 Å². The van der Waals surface area contributed by atoms with Gasteiger partial charge in [0.25, 0.3) is 0 Å². The molecule has 13 heavy (non-hydrogen) atoms. The Morgan fingerprint density at radius 3 is 2.69 bits per heavy atom. The van der Waals surface area contributed by atoms with Gasteiger partial charge in [0, 0.05) is 23.0 Å². The highest BCUT2D eigenvalue weighted by Crippen LogP contribution is 2.33. The van der Waals surface area contributed by atoms with Crippen molar-refractivity contribution in [1.82, 2.24) is 0 Å². The Kier molecular flexibility index (Phi) is 3.92. The Labute approximate surface area is 87.6 Å². The van der Waals surface area contributed by atoms with E-state index in [0.717, 1.165) is 17.9 Å². The van der Waals surface area contributed by atoms with Gasteiger partial charge in [-0.2, -0.15) is 11.8 Å². The van der Waals surface area contributed by atoms with Crippen molar-refractivity contribution in [3.05, 3.63) is 0 Å². The lowest BCUT2D eigenvalue weighted by Crippen LogP contribution is -2.39. The third-order valence-corrected chi connectivity index (χ3v) is 4.37. The van der Waals surface area contributed by atoms with Crippen LogP contribution in [0.25, 0.3) is 0 Å². The molecule has 78 valence electrons. The zero-order valence-electron chi connectivity index (χ0n) is 7.45. The number of hydrogen-bond acceptors (Lipinski definition) is 4. The lowest BCUT2D eigenvalue weighted by Gasteiger charge is -2.26. The molecule has 0 aliphatic carbocycles. The lowest BCUT2D eigenvalue weighted by atomic mass is 10.1. The van der Waals surface area contributed by atoms with E-state index in [4.69, 9.17) is 15.4 Å². The SMILES string of the molecule is CCOC1(CS(=O)(=O)Cl)CCSC1. The minimum Gasteiger partial charge on any atom is -0.373 e. The topological polar surface area (TPSA) is 43.4 Å². The molecular weight excluding hydrogens is 232 g/mol. The van der Waals surface area contributed by atoms with Gasteiger partial charge in [0.05, 0.1) is 11.4 Å². The zero-order valence-corrected chi connectivity index (χ0v) is 9.84.